The molecule has 0 bridgehead atoms. The molecule has 2 aliphatic heterocycles. The highest BCUT2D eigenvalue weighted by atomic mass is 16.5. The third kappa shape index (κ3) is 6.61. The maximum absolute atomic E-state index is 12.1. The van der Waals surface area contributed by atoms with Gasteiger partial charge in [0.2, 0.25) is 0 Å². The molecule has 0 saturated carbocycles. The fourth-order valence-electron chi connectivity index (χ4n) is 3.56. The van der Waals surface area contributed by atoms with Gasteiger partial charge in [-0.05, 0) is 18.4 Å². The zero-order valence-corrected chi connectivity index (χ0v) is 15.9. The van der Waals surface area contributed by atoms with E-state index in [-0.39, 0.29) is 6.04 Å². The first-order valence-electron chi connectivity index (χ1n) is 9.86. The van der Waals surface area contributed by atoms with Crippen LogP contribution in [0.25, 0.3) is 0 Å². The van der Waals surface area contributed by atoms with E-state index in [0.717, 1.165) is 65.3 Å². The number of morpholine rings is 1. The summed E-state index contributed by atoms with van der Waals surface area (Å²) in [7, 11) is 0. The van der Waals surface area contributed by atoms with Crippen molar-refractivity contribution in [3.05, 3.63) is 35.9 Å². The largest absolute Gasteiger partial charge is 0.379 e. The van der Waals surface area contributed by atoms with Crippen LogP contribution in [0.2, 0.25) is 0 Å². The summed E-state index contributed by atoms with van der Waals surface area (Å²) in [6, 6.07) is 10.5. The molecule has 0 radical (unpaired) electrons. The molecule has 1 aromatic rings. The van der Waals surface area contributed by atoms with Gasteiger partial charge in [0.15, 0.2) is 0 Å². The second-order valence-electron chi connectivity index (χ2n) is 7.22. The normalized spacial score (nSPS) is 19.6. The lowest BCUT2D eigenvalue weighted by Gasteiger charge is -2.32. The number of likely N-dealkylation sites (tertiary alicyclic amines) is 1. The first kappa shape index (κ1) is 19.8. The van der Waals surface area contributed by atoms with E-state index in [2.05, 4.69) is 44.7 Å². The summed E-state index contributed by atoms with van der Waals surface area (Å²) in [6.07, 6.45) is 1.75. The molecule has 2 aliphatic rings. The van der Waals surface area contributed by atoms with Crippen LogP contribution in [0, 0.1) is 0 Å². The van der Waals surface area contributed by atoms with Crippen molar-refractivity contribution in [3.8, 4) is 0 Å². The van der Waals surface area contributed by atoms with Gasteiger partial charge in [-0.1, -0.05) is 30.3 Å². The number of piperidine rings is 1. The van der Waals surface area contributed by atoms with E-state index in [1.807, 2.05) is 6.07 Å². The average Bonchev–Trinajstić information content (AvgIpc) is 2.71. The summed E-state index contributed by atoms with van der Waals surface area (Å²) in [4.78, 5) is 28.7. The summed E-state index contributed by atoms with van der Waals surface area (Å²) in [6.45, 7) is 7.25. The summed E-state index contributed by atoms with van der Waals surface area (Å²) in [5.74, 6) is -1.05. The second-order valence-corrected chi connectivity index (χ2v) is 7.22. The number of ether oxygens (including phenoxy) is 1. The molecule has 27 heavy (non-hydrogen) atoms. The van der Waals surface area contributed by atoms with Gasteiger partial charge >= 0.3 is 11.8 Å². The van der Waals surface area contributed by atoms with Crippen LogP contribution in [0.3, 0.4) is 0 Å². The highest BCUT2D eigenvalue weighted by Gasteiger charge is 2.23. The number of carbonyl (C=O) groups excluding carboxylic acids is 2. The molecule has 0 atom stereocenters. The average molecular weight is 374 g/mol. The van der Waals surface area contributed by atoms with E-state index in [9.17, 15) is 9.59 Å². The van der Waals surface area contributed by atoms with Crippen molar-refractivity contribution in [1.82, 2.24) is 20.4 Å². The van der Waals surface area contributed by atoms with Crippen LogP contribution in [0.15, 0.2) is 30.3 Å². The fourth-order valence-corrected chi connectivity index (χ4v) is 3.56. The van der Waals surface area contributed by atoms with Gasteiger partial charge in [0.25, 0.3) is 0 Å². The van der Waals surface area contributed by atoms with E-state index < -0.39 is 11.8 Å². The van der Waals surface area contributed by atoms with Crippen molar-refractivity contribution in [3.63, 3.8) is 0 Å². The molecule has 2 fully saturated rings. The third-order valence-corrected chi connectivity index (χ3v) is 5.20. The third-order valence-electron chi connectivity index (χ3n) is 5.20. The van der Waals surface area contributed by atoms with Crippen molar-refractivity contribution in [1.29, 1.82) is 0 Å². The Morgan fingerprint density at radius 2 is 1.67 bits per heavy atom. The summed E-state index contributed by atoms with van der Waals surface area (Å²) in [5, 5.41) is 5.60. The van der Waals surface area contributed by atoms with Crippen molar-refractivity contribution < 1.29 is 14.3 Å². The number of benzene rings is 1. The van der Waals surface area contributed by atoms with Crippen LogP contribution in [-0.2, 0) is 20.9 Å². The monoisotopic (exact) mass is 374 g/mol. The van der Waals surface area contributed by atoms with Crippen LogP contribution >= 0.6 is 0 Å². The first-order chi connectivity index (χ1) is 13.2. The van der Waals surface area contributed by atoms with Gasteiger partial charge in [-0.15, -0.1) is 0 Å². The lowest BCUT2D eigenvalue weighted by Crippen LogP contribution is -2.50. The van der Waals surface area contributed by atoms with Gasteiger partial charge in [0.05, 0.1) is 13.2 Å². The molecule has 2 N–H and O–H groups in total. The quantitative estimate of drug-likeness (QED) is 0.697. The van der Waals surface area contributed by atoms with E-state index in [1.54, 1.807) is 0 Å². The molecule has 7 heteroatoms. The fraction of sp³-hybridized carbons (Fsp3) is 0.600. The van der Waals surface area contributed by atoms with E-state index in [0.29, 0.717) is 6.54 Å². The van der Waals surface area contributed by atoms with Crippen LogP contribution < -0.4 is 10.6 Å². The number of carbonyl (C=O) groups is 2. The minimum Gasteiger partial charge on any atom is -0.379 e. The zero-order chi connectivity index (χ0) is 18.9. The lowest BCUT2D eigenvalue weighted by atomic mass is 10.0. The van der Waals surface area contributed by atoms with E-state index >= 15 is 0 Å². The maximum atomic E-state index is 12.1. The van der Waals surface area contributed by atoms with Crippen molar-refractivity contribution in [2.24, 2.45) is 0 Å². The lowest BCUT2D eigenvalue weighted by molar-refractivity contribution is -0.139. The smallest absolute Gasteiger partial charge is 0.309 e. The Kier molecular flexibility index (Phi) is 7.62. The molecular formula is C20H30N4O3. The molecule has 2 heterocycles. The van der Waals surface area contributed by atoms with Gasteiger partial charge < -0.3 is 15.4 Å². The SMILES string of the molecule is O=C(NCCN1CCOCC1)C(=O)NC1CCN(Cc2ccccc2)CC1. The molecule has 0 aliphatic carbocycles. The maximum Gasteiger partial charge on any atom is 0.309 e. The Morgan fingerprint density at radius 3 is 2.37 bits per heavy atom. The van der Waals surface area contributed by atoms with Crippen molar-refractivity contribution in [2.45, 2.75) is 25.4 Å². The van der Waals surface area contributed by atoms with Crippen molar-refractivity contribution in [2.75, 3.05) is 52.5 Å². The van der Waals surface area contributed by atoms with E-state index in [1.165, 1.54) is 5.56 Å². The molecule has 1 aromatic carbocycles. The molecule has 3 rings (SSSR count). The van der Waals surface area contributed by atoms with Gasteiger partial charge in [0.1, 0.15) is 0 Å². The van der Waals surface area contributed by atoms with Crippen LogP contribution in [0.1, 0.15) is 18.4 Å². The molecule has 7 nitrogen and oxygen atoms in total. The van der Waals surface area contributed by atoms with Gasteiger partial charge in [0, 0.05) is 51.9 Å². The molecule has 0 spiro atoms. The molecule has 2 saturated heterocycles. The Labute approximate surface area is 161 Å². The highest BCUT2D eigenvalue weighted by molar-refractivity contribution is 6.35. The van der Waals surface area contributed by atoms with E-state index in [4.69, 9.17) is 4.74 Å². The molecular weight excluding hydrogens is 344 g/mol. The second kappa shape index (κ2) is 10.4. The Morgan fingerprint density at radius 1 is 0.963 bits per heavy atom. The number of hydrogen-bond acceptors (Lipinski definition) is 5. The minimum absolute atomic E-state index is 0.0783. The Hall–Kier alpha value is -1.96. The Balaban J connectivity index is 1.30. The summed E-state index contributed by atoms with van der Waals surface area (Å²) >= 11 is 0. The molecule has 2 amide bonds. The molecule has 0 unspecified atom stereocenters. The van der Waals surface area contributed by atoms with Crippen LogP contribution in [-0.4, -0.2) is 80.1 Å². The number of amides is 2. The van der Waals surface area contributed by atoms with Gasteiger partial charge in [-0.3, -0.25) is 19.4 Å². The number of rotatable bonds is 6. The summed E-state index contributed by atoms with van der Waals surface area (Å²) < 4.78 is 5.29. The van der Waals surface area contributed by atoms with Crippen LogP contribution in [0.5, 0.6) is 0 Å². The highest BCUT2D eigenvalue weighted by Crippen LogP contribution is 2.13. The summed E-state index contributed by atoms with van der Waals surface area (Å²) in [5.41, 5.74) is 1.31. The topological polar surface area (TPSA) is 73.9 Å². The van der Waals surface area contributed by atoms with Crippen molar-refractivity contribution >= 4 is 11.8 Å². The minimum atomic E-state index is -0.532. The predicted molar refractivity (Wildman–Crippen MR) is 103 cm³/mol. The first-order valence-corrected chi connectivity index (χ1v) is 9.86. The number of nitrogens with zero attached hydrogens (tertiary/aromatic N) is 2. The van der Waals surface area contributed by atoms with Gasteiger partial charge in [-0.2, -0.15) is 0 Å². The molecule has 148 valence electrons. The Bertz CT molecular complexity index is 597. The zero-order valence-electron chi connectivity index (χ0n) is 15.9. The van der Waals surface area contributed by atoms with Crippen LogP contribution in [0.4, 0.5) is 0 Å². The van der Waals surface area contributed by atoms with Gasteiger partial charge in [-0.25, -0.2) is 0 Å². The molecule has 0 aromatic heterocycles. The predicted octanol–water partition coefficient (Wildman–Crippen LogP) is 0.216. The number of hydrogen-bond donors (Lipinski definition) is 2. The number of nitrogens with one attached hydrogen (secondary N) is 2. The standard InChI is InChI=1S/C20H30N4O3/c25-19(21-8-11-23-12-14-27-15-13-23)20(26)22-18-6-9-24(10-7-18)16-17-4-2-1-3-5-17/h1-5,18H,6-16H2,(H,21,25)(H,22,26).